The number of carbonyl (C=O) groups is 3. The van der Waals surface area contributed by atoms with Crippen molar-refractivity contribution in [2.75, 3.05) is 50.7 Å². The summed E-state index contributed by atoms with van der Waals surface area (Å²) in [6.45, 7) is 7.30. The second-order valence-corrected chi connectivity index (χ2v) is 8.55. The van der Waals surface area contributed by atoms with Crippen LogP contribution in [0.25, 0.3) is 0 Å². The van der Waals surface area contributed by atoms with Crippen LogP contribution in [0.5, 0.6) is 0 Å². The van der Waals surface area contributed by atoms with Gasteiger partial charge in [0, 0.05) is 70.8 Å². The highest BCUT2D eigenvalue weighted by atomic mass is 16.6. The Labute approximate surface area is 187 Å². The number of piperazine rings is 1. The third-order valence-corrected chi connectivity index (χ3v) is 6.13. The first-order valence-electron chi connectivity index (χ1n) is 11.1. The fourth-order valence-corrected chi connectivity index (χ4v) is 4.30. The SMILES string of the molecule is CC(=O)N1CCN(c2ccc(C(=O)NCCC(=O)N3CCCC(C)C3)cc2[N+](=O)[O-])CC1. The molecule has 1 atom stereocenters. The first kappa shape index (κ1) is 23.5. The van der Waals surface area contributed by atoms with Crippen molar-refractivity contribution in [3.05, 3.63) is 33.9 Å². The zero-order valence-electron chi connectivity index (χ0n) is 18.7. The van der Waals surface area contributed by atoms with Crippen LogP contribution in [0.3, 0.4) is 0 Å². The molecule has 0 aromatic heterocycles. The molecule has 2 fully saturated rings. The maximum atomic E-state index is 12.5. The van der Waals surface area contributed by atoms with Gasteiger partial charge in [-0.05, 0) is 30.9 Å². The van der Waals surface area contributed by atoms with Gasteiger partial charge in [-0.2, -0.15) is 0 Å². The molecule has 0 spiro atoms. The van der Waals surface area contributed by atoms with Crippen LogP contribution in [0.2, 0.25) is 0 Å². The minimum Gasteiger partial charge on any atom is -0.362 e. The summed E-state index contributed by atoms with van der Waals surface area (Å²) in [4.78, 5) is 52.9. The summed E-state index contributed by atoms with van der Waals surface area (Å²) in [6.07, 6.45) is 2.33. The molecule has 1 aromatic carbocycles. The molecule has 10 heteroatoms. The molecule has 0 saturated carbocycles. The Morgan fingerprint density at radius 1 is 1.12 bits per heavy atom. The fourth-order valence-electron chi connectivity index (χ4n) is 4.30. The smallest absolute Gasteiger partial charge is 0.293 e. The monoisotopic (exact) mass is 445 g/mol. The lowest BCUT2D eigenvalue weighted by Crippen LogP contribution is -2.48. The molecule has 2 aliphatic rings. The summed E-state index contributed by atoms with van der Waals surface area (Å²) in [5, 5.41) is 14.3. The van der Waals surface area contributed by atoms with Crippen molar-refractivity contribution in [3.8, 4) is 0 Å². The van der Waals surface area contributed by atoms with Gasteiger partial charge in [-0.15, -0.1) is 0 Å². The summed E-state index contributed by atoms with van der Waals surface area (Å²) >= 11 is 0. The molecule has 0 radical (unpaired) electrons. The number of hydrogen-bond acceptors (Lipinski definition) is 6. The van der Waals surface area contributed by atoms with Gasteiger partial charge in [0.1, 0.15) is 5.69 Å². The van der Waals surface area contributed by atoms with Gasteiger partial charge in [-0.3, -0.25) is 24.5 Å². The normalized spacial score (nSPS) is 18.9. The molecule has 0 aliphatic carbocycles. The number of likely N-dealkylation sites (tertiary alicyclic amines) is 1. The third kappa shape index (κ3) is 5.74. The standard InChI is InChI=1S/C22H31N5O5/c1-16-4-3-9-26(15-16)21(29)7-8-23-22(30)18-5-6-19(20(14-18)27(31)32)25-12-10-24(11-13-25)17(2)28/h5-6,14,16H,3-4,7-13,15H2,1-2H3,(H,23,30). The van der Waals surface area contributed by atoms with Crippen LogP contribution in [0.1, 0.15) is 43.5 Å². The van der Waals surface area contributed by atoms with Crippen LogP contribution in [-0.4, -0.2) is 78.3 Å². The highest BCUT2D eigenvalue weighted by Gasteiger charge is 2.26. The zero-order valence-corrected chi connectivity index (χ0v) is 18.7. The van der Waals surface area contributed by atoms with E-state index in [0.717, 1.165) is 25.9 Å². The molecule has 1 unspecified atom stereocenters. The number of amides is 3. The summed E-state index contributed by atoms with van der Waals surface area (Å²) in [6, 6.07) is 4.41. The van der Waals surface area contributed by atoms with Gasteiger partial charge in [-0.1, -0.05) is 6.92 Å². The van der Waals surface area contributed by atoms with Crippen LogP contribution in [-0.2, 0) is 9.59 Å². The number of carbonyl (C=O) groups excluding carboxylic acids is 3. The van der Waals surface area contributed by atoms with E-state index in [0.29, 0.717) is 37.8 Å². The van der Waals surface area contributed by atoms with Crippen LogP contribution < -0.4 is 10.2 Å². The van der Waals surface area contributed by atoms with Gasteiger partial charge in [0.15, 0.2) is 0 Å². The fraction of sp³-hybridized carbons (Fsp3) is 0.591. The predicted molar refractivity (Wildman–Crippen MR) is 119 cm³/mol. The Hall–Kier alpha value is -3.17. The van der Waals surface area contributed by atoms with Crippen molar-refractivity contribution in [2.24, 2.45) is 5.92 Å². The van der Waals surface area contributed by atoms with E-state index in [9.17, 15) is 24.5 Å². The average Bonchev–Trinajstić information content (AvgIpc) is 2.78. The Bertz CT molecular complexity index is 881. The van der Waals surface area contributed by atoms with Gasteiger partial charge >= 0.3 is 0 Å². The van der Waals surface area contributed by atoms with Crippen molar-refractivity contribution in [1.82, 2.24) is 15.1 Å². The maximum Gasteiger partial charge on any atom is 0.293 e. The molecule has 10 nitrogen and oxygen atoms in total. The van der Waals surface area contributed by atoms with Crippen molar-refractivity contribution >= 4 is 29.1 Å². The molecule has 2 heterocycles. The molecule has 3 rings (SSSR count). The highest BCUT2D eigenvalue weighted by molar-refractivity contribution is 5.96. The van der Waals surface area contributed by atoms with Crippen molar-refractivity contribution in [3.63, 3.8) is 0 Å². The van der Waals surface area contributed by atoms with E-state index in [-0.39, 0.29) is 36.0 Å². The molecular weight excluding hydrogens is 414 g/mol. The number of piperidine rings is 1. The Balaban J connectivity index is 1.58. The minimum atomic E-state index is -0.496. The summed E-state index contributed by atoms with van der Waals surface area (Å²) in [7, 11) is 0. The van der Waals surface area contributed by atoms with Gasteiger partial charge in [0.25, 0.3) is 11.6 Å². The number of anilines is 1. The van der Waals surface area contributed by atoms with E-state index in [1.807, 2.05) is 9.80 Å². The number of nitro benzene ring substituents is 1. The van der Waals surface area contributed by atoms with E-state index in [1.165, 1.54) is 13.0 Å². The summed E-state index contributed by atoms with van der Waals surface area (Å²) in [5.74, 6) is 0.0509. The second kappa shape index (κ2) is 10.4. The van der Waals surface area contributed by atoms with E-state index in [2.05, 4.69) is 12.2 Å². The number of nitrogens with one attached hydrogen (secondary N) is 1. The lowest BCUT2D eigenvalue weighted by Gasteiger charge is -2.35. The van der Waals surface area contributed by atoms with Crippen molar-refractivity contribution in [2.45, 2.75) is 33.1 Å². The Morgan fingerprint density at radius 3 is 2.47 bits per heavy atom. The highest BCUT2D eigenvalue weighted by Crippen LogP contribution is 2.30. The van der Waals surface area contributed by atoms with Crippen LogP contribution >= 0.6 is 0 Å². The van der Waals surface area contributed by atoms with E-state index in [4.69, 9.17) is 0 Å². The molecule has 1 aromatic rings. The molecular formula is C22H31N5O5. The Kier molecular flexibility index (Phi) is 7.66. The number of rotatable bonds is 6. The molecule has 2 aliphatic heterocycles. The van der Waals surface area contributed by atoms with E-state index >= 15 is 0 Å². The largest absolute Gasteiger partial charge is 0.362 e. The van der Waals surface area contributed by atoms with Gasteiger partial charge in [0.2, 0.25) is 11.8 Å². The number of benzene rings is 1. The molecule has 1 N–H and O–H groups in total. The van der Waals surface area contributed by atoms with Crippen LogP contribution in [0.4, 0.5) is 11.4 Å². The Morgan fingerprint density at radius 2 is 1.84 bits per heavy atom. The predicted octanol–water partition coefficient (Wildman–Crippen LogP) is 1.64. The first-order valence-corrected chi connectivity index (χ1v) is 11.1. The van der Waals surface area contributed by atoms with E-state index < -0.39 is 10.8 Å². The summed E-state index contributed by atoms with van der Waals surface area (Å²) < 4.78 is 0. The topological polar surface area (TPSA) is 116 Å². The second-order valence-electron chi connectivity index (χ2n) is 8.55. The molecule has 174 valence electrons. The lowest BCUT2D eigenvalue weighted by atomic mass is 10.00. The number of nitrogens with zero attached hydrogens (tertiary/aromatic N) is 4. The molecule has 3 amide bonds. The van der Waals surface area contributed by atoms with Gasteiger partial charge < -0.3 is 20.0 Å². The van der Waals surface area contributed by atoms with E-state index in [1.54, 1.807) is 17.0 Å². The third-order valence-electron chi connectivity index (χ3n) is 6.13. The first-order chi connectivity index (χ1) is 15.3. The number of nitro groups is 1. The van der Waals surface area contributed by atoms with Crippen LogP contribution in [0.15, 0.2) is 18.2 Å². The summed E-state index contributed by atoms with van der Waals surface area (Å²) in [5.41, 5.74) is 0.471. The van der Waals surface area contributed by atoms with Gasteiger partial charge in [-0.25, -0.2) is 0 Å². The van der Waals surface area contributed by atoms with Crippen LogP contribution in [0, 0.1) is 16.0 Å². The van der Waals surface area contributed by atoms with Crippen molar-refractivity contribution < 1.29 is 19.3 Å². The zero-order chi connectivity index (χ0) is 23.3. The molecule has 0 bridgehead atoms. The molecule has 2 saturated heterocycles. The number of hydrogen-bond donors (Lipinski definition) is 1. The molecule has 32 heavy (non-hydrogen) atoms. The van der Waals surface area contributed by atoms with Gasteiger partial charge in [0.05, 0.1) is 4.92 Å². The minimum absolute atomic E-state index is 0.0144. The quantitative estimate of drug-likeness (QED) is 0.526. The lowest BCUT2D eigenvalue weighted by molar-refractivity contribution is -0.384. The maximum absolute atomic E-state index is 12.5. The van der Waals surface area contributed by atoms with Crippen molar-refractivity contribution in [1.29, 1.82) is 0 Å². The average molecular weight is 446 g/mol.